The summed E-state index contributed by atoms with van der Waals surface area (Å²) in [5, 5.41) is 0. The van der Waals surface area contributed by atoms with Crippen LogP contribution in [0.1, 0.15) is 26.7 Å². The van der Waals surface area contributed by atoms with E-state index in [1.807, 2.05) is 29.2 Å². The molecular weight excluding hydrogens is 334 g/mol. The number of thioether (sulfide) groups is 1. The highest BCUT2D eigenvalue weighted by Crippen LogP contribution is 2.56. The fourth-order valence-electron chi connectivity index (χ4n) is 4.18. The third-order valence-electron chi connectivity index (χ3n) is 5.29. The lowest BCUT2D eigenvalue weighted by atomic mass is 10.1. The molecule has 6 heteroatoms. The van der Waals surface area contributed by atoms with Crippen LogP contribution in [-0.4, -0.2) is 59.2 Å². The maximum Gasteiger partial charge on any atom is 0.259 e. The van der Waals surface area contributed by atoms with Gasteiger partial charge in [0.15, 0.2) is 4.87 Å². The number of para-hydroxylation sites is 1. The second-order valence-corrected chi connectivity index (χ2v) is 8.89. The first-order valence-electron chi connectivity index (χ1n) is 9.14. The quantitative estimate of drug-likeness (QED) is 0.831. The molecule has 5 nitrogen and oxygen atoms in total. The Morgan fingerprint density at radius 3 is 2.64 bits per heavy atom. The Morgan fingerprint density at radius 2 is 1.92 bits per heavy atom. The van der Waals surface area contributed by atoms with Crippen molar-refractivity contribution in [3.63, 3.8) is 0 Å². The standard InChI is InChI=1S/C19H25N3O2S/c1-14(2)13-20-9-11-21(12-10-20)18(24)19-8-7-17(23)22(19)15-5-3-4-6-16(15)25-19/h3-6,14H,7-13H2,1-2H3. The molecule has 0 radical (unpaired) electrons. The zero-order chi connectivity index (χ0) is 17.6. The minimum Gasteiger partial charge on any atom is -0.337 e. The minimum absolute atomic E-state index is 0.0734. The Balaban J connectivity index is 1.54. The third-order valence-corrected chi connectivity index (χ3v) is 6.75. The van der Waals surface area contributed by atoms with Gasteiger partial charge in [0.05, 0.1) is 5.69 Å². The van der Waals surface area contributed by atoms with E-state index in [-0.39, 0.29) is 11.8 Å². The van der Waals surface area contributed by atoms with E-state index >= 15 is 0 Å². The van der Waals surface area contributed by atoms with Crippen LogP contribution < -0.4 is 4.90 Å². The molecule has 2 amide bonds. The molecule has 1 unspecified atom stereocenters. The summed E-state index contributed by atoms with van der Waals surface area (Å²) in [6.45, 7) is 8.89. The van der Waals surface area contributed by atoms with E-state index < -0.39 is 4.87 Å². The number of nitrogens with zero attached hydrogens (tertiary/aromatic N) is 3. The van der Waals surface area contributed by atoms with Gasteiger partial charge >= 0.3 is 0 Å². The van der Waals surface area contributed by atoms with E-state index in [4.69, 9.17) is 0 Å². The summed E-state index contributed by atoms with van der Waals surface area (Å²) in [4.78, 5) is 32.4. The summed E-state index contributed by atoms with van der Waals surface area (Å²) < 4.78 is 0. The minimum atomic E-state index is -0.749. The molecule has 25 heavy (non-hydrogen) atoms. The van der Waals surface area contributed by atoms with Crippen LogP contribution in [0, 0.1) is 5.92 Å². The van der Waals surface area contributed by atoms with Crippen LogP contribution >= 0.6 is 11.8 Å². The van der Waals surface area contributed by atoms with Gasteiger partial charge in [-0.25, -0.2) is 0 Å². The molecule has 0 bridgehead atoms. The maximum absolute atomic E-state index is 13.4. The van der Waals surface area contributed by atoms with Gasteiger partial charge in [0, 0.05) is 44.0 Å². The largest absolute Gasteiger partial charge is 0.337 e. The van der Waals surface area contributed by atoms with Gasteiger partial charge in [-0.15, -0.1) is 0 Å². The molecule has 1 atom stereocenters. The van der Waals surface area contributed by atoms with Crippen LogP contribution in [0.4, 0.5) is 5.69 Å². The van der Waals surface area contributed by atoms with Crippen LogP contribution in [0.3, 0.4) is 0 Å². The highest BCUT2D eigenvalue weighted by atomic mass is 32.2. The van der Waals surface area contributed by atoms with Crippen LogP contribution in [0.2, 0.25) is 0 Å². The predicted molar refractivity (Wildman–Crippen MR) is 99.6 cm³/mol. The molecule has 4 rings (SSSR count). The summed E-state index contributed by atoms with van der Waals surface area (Å²) in [6, 6.07) is 7.89. The number of hydrogen-bond acceptors (Lipinski definition) is 4. The monoisotopic (exact) mass is 359 g/mol. The highest BCUT2D eigenvalue weighted by Gasteiger charge is 2.58. The number of carbonyl (C=O) groups excluding carboxylic acids is 2. The molecule has 134 valence electrons. The number of anilines is 1. The van der Waals surface area contributed by atoms with E-state index in [2.05, 4.69) is 18.7 Å². The second kappa shape index (κ2) is 6.32. The average Bonchev–Trinajstić information content (AvgIpc) is 3.10. The number of piperazine rings is 1. The van der Waals surface area contributed by atoms with Crippen molar-refractivity contribution < 1.29 is 9.59 Å². The normalized spacial score (nSPS) is 26.3. The molecule has 0 spiro atoms. The summed E-state index contributed by atoms with van der Waals surface area (Å²) >= 11 is 1.57. The Morgan fingerprint density at radius 1 is 1.20 bits per heavy atom. The number of hydrogen-bond donors (Lipinski definition) is 0. The zero-order valence-corrected chi connectivity index (χ0v) is 15.7. The van der Waals surface area contributed by atoms with Gasteiger partial charge in [-0.2, -0.15) is 0 Å². The molecule has 3 aliphatic rings. The first kappa shape index (κ1) is 16.9. The van der Waals surface area contributed by atoms with Gasteiger partial charge in [0.1, 0.15) is 0 Å². The van der Waals surface area contributed by atoms with Crippen LogP contribution in [0.25, 0.3) is 0 Å². The van der Waals surface area contributed by atoms with E-state index in [1.165, 1.54) is 0 Å². The summed E-state index contributed by atoms with van der Waals surface area (Å²) in [6.07, 6.45) is 1.07. The SMILES string of the molecule is CC(C)CN1CCN(C(=O)C23CCC(=O)N2c2ccccc2S3)CC1. The van der Waals surface area contributed by atoms with E-state index in [9.17, 15) is 9.59 Å². The molecule has 3 heterocycles. The predicted octanol–water partition coefficient (Wildman–Crippen LogP) is 2.42. The van der Waals surface area contributed by atoms with Gasteiger partial charge < -0.3 is 4.90 Å². The van der Waals surface area contributed by atoms with E-state index in [0.29, 0.717) is 18.8 Å². The van der Waals surface area contributed by atoms with Gasteiger partial charge in [-0.1, -0.05) is 37.7 Å². The molecule has 2 fully saturated rings. The van der Waals surface area contributed by atoms with Crippen molar-refractivity contribution in [2.45, 2.75) is 36.5 Å². The average molecular weight is 359 g/mol. The smallest absolute Gasteiger partial charge is 0.259 e. The van der Waals surface area contributed by atoms with Crippen molar-refractivity contribution in [1.82, 2.24) is 9.80 Å². The summed E-state index contributed by atoms with van der Waals surface area (Å²) in [5.74, 6) is 0.830. The van der Waals surface area contributed by atoms with Gasteiger partial charge in [0.2, 0.25) is 5.91 Å². The number of rotatable bonds is 3. The number of carbonyl (C=O) groups is 2. The Labute approximate surface area is 153 Å². The van der Waals surface area contributed by atoms with Crippen molar-refractivity contribution in [2.24, 2.45) is 5.92 Å². The van der Waals surface area contributed by atoms with E-state index in [0.717, 1.165) is 43.3 Å². The molecule has 0 aromatic heterocycles. The van der Waals surface area contributed by atoms with Crippen molar-refractivity contribution in [2.75, 3.05) is 37.6 Å². The van der Waals surface area contributed by atoms with Gasteiger partial charge in [-0.05, 0) is 24.5 Å². The lowest BCUT2D eigenvalue weighted by molar-refractivity contribution is -0.136. The van der Waals surface area contributed by atoms with Crippen molar-refractivity contribution in [3.8, 4) is 0 Å². The number of fused-ring (bicyclic) bond motifs is 3. The Hall–Kier alpha value is -1.53. The fraction of sp³-hybridized carbons (Fsp3) is 0.579. The number of amides is 2. The molecule has 0 aliphatic carbocycles. The maximum atomic E-state index is 13.4. The molecule has 1 aromatic carbocycles. The molecule has 3 aliphatic heterocycles. The van der Waals surface area contributed by atoms with Crippen LogP contribution in [-0.2, 0) is 9.59 Å². The lowest BCUT2D eigenvalue weighted by Gasteiger charge is -2.40. The summed E-state index contributed by atoms with van der Waals surface area (Å²) in [5.41, 5.74) is 0.904. The van der Waals surface area contributed by atoms with Crippen LogP contribution in [0.5, 0.6) is 0 Å². The second-order valence-electron chi connectivity index (χ2n) is 7.57. The third kappa shape index (κ3) is 2.75. The van der Waals surface area contributed by atoms with Crippen molar-refractivity contribution in [1.29, 1.82) is 0 Å². The van der Waals surface area contributed by atoms with Crippen LogP contribution in [0.15, 0.2) is 29.2 Å². The lowest BCUT2D eigenvalue weighted by Crippen LogP contribution is -2.58. The Kier molecular flexibility index (Phi) is 4.28. The molecule has 1 aromatic rings. The fourth-order valence-corrected chi connectivity index (χ4v) is 5.67. The van der Waals surface area contributed by atoms with Crippen molar-refractivity contribution >= 4 is 29.3 Å². The van der Waals surface area contributed by atoms with Crippen molar-refractivity contribution in [3.05, 3.63) is 24.3 Å². The Bertz CT molecular complexity index is 700. The number of benzene rings is 1. The molecule has 2 saturated heterocycles. The molecule has 0 N–H and O–H groups in total. The van der Waals surface area contributed by atoms with Gasteiger partial charge in [-0.3, -0.25) is 19.4 Å². The zero-order valence-electron chi connectivity index (χ0n) is 14.9. The molecule has 0 saturated carbocycles. The highest BCUT2D eigenvalue weighted by molar-refractivity contribution is 8.02. The van der Waals surface area contributed by atoms with E-state index in [1.54, 1.807) is 16.7 Å². The first-order chi connectivity index (χ1) is 12.0. The first-order valence-corrected chi connectivity index (χ1v) is 9.96. The molecular formula is C19H25N3O2S. The summed E-state index contributed by atoms with van der Waals surface area (Å²) in [7, 11) is 0. The van der Waals surface area contributed by atoms with Gasteiger partial charge in [0.25, 0.3) is 5.91 Å². The topological polar surface area (TPSA) is 43.9 Å².